The molecule has 2 unspecified atom stereocenters. The third-order valence-electron chi connectivity index (χ3n) is 3.37. The van der Waals surface area contributed by atoms with Crippen LogP contribution in [0.25, 0.3) is 0 Å². The topological polar surface area (TPSA) is 20.2 Å². The van der Waals surface area contributed by atoms with Crippen LogP contribution in [-0.4, -0.2) is 11.2 Å². The average molecular weight is 196 g/mol. The maximum absolute atomic E-state index is 9.70. The van der Waals surface area contributed by atoms with Crippen LogP contribution in [0, 0.1) is 5.92 Å². The predicted molar refractivity (Wildman–Crippen MR) is 61.2 cm³/mol. The molecule has 0 spiro atoms. The minimum absolute atomic E-state index is 0.0892. The molecule has 14 heavy (non-hydrogen) atoms. The molecule has 0 radical (unpaired) electrons. The van der Waals surface area contributed by atoms with E-state index in [1.165, 1.54) is 37.7 Å². The van der Waals surface area contributed by atoms with Crippen LogP contribution in [0.15, 0.2) is 12.2 Å². The van der Waals surface area contributed by atoms with Crippen molar-refractivity contribution in [1.29, 1.82) is 0 Å². The van der Waals surface area contributed by atoms with Gasteiger partial charge in [0.2, 0.25) is 0 Å². The quantitative estimate of drug-likeness (QED) is 0.507. The number of aliphatic hydroxyl groups is 1. The monoisotopic (exact) mass is 196 g/mol. The van der Waals surface area contributed by atoms with Gasteiger partial charge in [0.1, 0.15) is 0 Å². The Hall–Kier alpha value is -0.300. The number of rotatable bonds is 6. The fraction of sp³-hybridized carbons (Fsp3) is 0.846. The molecule has 0 aromatic rings. The van der Waals surface area contributed by atoms with Crippen LogP contribution in [0.5, 0.6) is 0 Å². The van der Waals surface area contributed by atoms with E-state index >= 15 is 0 Å². The van der Waals surface area contributed by atoms with E-state index in [1.54, 1.807) is 0 Å². The summed E-state index contributed by atoms with van der Waals surface area (Å²) in [6.45, 7) is 6.28. The first-order valence-corrected chi connectivity index (χ1v) is 6.11. The highest BCUT2D eigenvalue weighted by Crippen LogP contribution is 2.33. The summed E-state index contributed by atoms with van der Waals surface area (Å²) in [5.74, 6) is 0.414. The van der Waals surface area contributed by atoms with E-state index in [0.29, 0.717) is 5.92 Å². The summed E-state index contributed by atoms with van der Waals surface area (Å²) in [4.78, 5) is 0. The van der Waals surface area contributed by atoms with Crippen molar-refractivity contribution in [3.8, 4) is 0 Å². The average Bonchev–Trinajstić information content (AvgIpc) is 2.48. The first-order chi connectivity index (χ1) is 6.75. The zero-order valence-corrected chi connectivity index (χ0v) is 9.47. The number of hydrogen-bond acceptors (Lipinski definition) is 1. The van der Waals surface area contributed by atoms with E-state index in [1.807, 2.05) is 0 Å². The van der Waals surface area contributed by atoms with Crippen LogP contribution in [0.3, 0.4) is 0 Å². The molecule has 0 aliphatic heterocycles. The summed E-state index contributed by atoms with van der Waals surface area (Å²) in [7, 11) is 0. The van der Waals surface area contributed by atoms with Gasteiger partial charge in [-0.05, 0) is 19.3 Å². The molecule has 1 aliphatic rings. The van der Waals surface area contributed by atoms with Crippen molar-refractivity contribution in [3.05, 3.63) is 12.2 Å². The second kappa shape index (κ2) is 6.23. The Labute approximate surface area is 88.2 Å². The molecule has 2 atom stereocenters. The van der Waals surface area contributed by atoms with Gasteiger partial charge in [-0.25, -0.2) is 0 Å². The lowest BCUT2D eigenvalue weighted by molar-refractivity contribution is 0.136. The van der Waals surface area contributed by atoms with Gasteiger partial charge < -0.3 is 5.11 Å². The molecule has 0 bridgehead atoms. The Morgan fingerprint density at radius 3 is 2.57 bits per heavy atom. The van der Waals surface area contributed by atoms with E-state index in [0.717, 1.165) is 19.3 Å². The summed E-state index contributed by atoms with van der Waals surface area (Å²) in [5.41, 5.74) is 1.29. The van der Waals surface area contributed by atoms with E-state index in [2.05, 4.69) is 13.5 Å². The zero-order chi connectivity index (χ0) is 10.4. The van der Waals surface area contributed by atoms with E-state index < -0.39 is 0 Å². The SMILES string of the molecule is C=C1CCC(O)C1CCCCCCC. The Kier molecular flexibility index (Phi) is 5.24. The van der Waals surface area contributed by atoms with Crippen molar-refractivity contribution in [1.82, 2.24) is 0 Å². The van der Waals surface area contributed by atoms with Gasteiger partial charge in [0, 0.05) is 5.92 Å². The maximum atomic E-state index is 9.70. The molecular weight excluding hydrogens is 172 g/mol. The van der Waals surface area contributed by atoms with Crippen molar-refractivity contribution in [2.45, 2.75) is 64.4 Å². The van der Waals surface area contributed by atoms with Crippen LogP contribution >= 0.6 is 0 Å². The molecule has 1 heteroatoms. The molecule has 1 nitrogen and oxygen atoms in total. The molecule has 82 valence electrons. The molecule has 0 aromatic heterocycles. The lowest BCUT2D eigenvalue weighted by atomic mass is 9.95. The van der Waals surface area contributed by atoms with Gasteiger partial charge in [-0.2, -0.15) is 0 Å². The van der Waals surface area contributed by atoms with Crippen LogP contribution in [0.1, 0.15) is 58.3 Å². The number of aliphatic hydroxyl groups excluding tert-OH is 1. The zero-order valence-electron chi connectivity index (χ0n) is 9.47. The van der Waals surface area contributed by atoms with Gasteiger partial charge in [-0.15, -0.1) is 0 Å². The molecule has 0 heterocycles. The minimum atomic E-state index is -0.0892. The fourth-order valence-electron chi connectivity index (χ4n) is 2.36. The third-order valence-corrected chi connectivity index (χ3v) is 3.37. The molecular formula is C13H24O. The van der Waals surface area contributed by atoms with Gasteiger partial charge in [0.15, 0.2) is 0 Å². The molecule has 0 amide bonds. The van der Waals surface area contributed by atoms with Crippen LogP contribution < -0.4 is 0 Å². The second-order valence-corrected chi connectivity index (χ2v) is 4.57. The van der Waals surface area contributed by atoms with Gasteiger partial charge >= 0.3 is 0 Å². The molecule has 1 aliphatic carbocycles. The summed E-state index contributed by atoms with van der Waals surface area (Å²) < 4.78 is 0. The lowest BCUT2D eigenvalue weighted by Gasteiger charge is -2.15. The Morgan fingerprint density at radius 2 is 2.00 bits per heavy atom. The van der Waals surface area contributed by atoms with Crippen molar-refractivity contribution >= 4 is 0 Å². The predicted octanol–water partition coefficient (Wildman–Crippen LogP) is 3.67. The summed E-state index contributed by atoms with van der Waals surface area (Å²) >= 11 is 0. The summed E-state index contributed by atoms with van der Waals surface area (Å²) in [5, 5.41) is 9.70. The molecule has 1 rings (SSSR count). The number of hydrogen-bond donors (Lipinski definition) is 1. The second-order valence-electron chi connectivity index (χ2n) is 4.57. The highest BCUT2D eigenvalue weighted by molar-refractivity contribution is 5.09. The van der Waals surface area contributed by atoms with Gasteiger partial charge in [0.05, 0.1) is 6.10 Å². The molecule has 1 fully saturated rings. The Balaban J connectivity index is 2.08. The van der Waals surface area contributed by atoms with Crippen LogP contribution in [-0.2, 0) is 0 Å². The third kappa shape index (κ3) is 3.45. The van der Waals surface area contributed by atoms with E-state index in [9.17, 15) is 5.11 Å². The smallest absolute Gasteiger partial charge is 0.0608 e. The maximum Gasteiger partial charge on any atom is 0.0608 e. The van der Waals surface area contributed by atoms with Gasteiger partial charge in [-0.3, -0.25) is 0 Å². The van der Waals surface area contributed by atoms with Crippen LogP contribution in [0.2, 0.25) is 0 Å². The number of unbranched alkanes of at least 4 members (excludes halogenated alkanes) is 4. The highest BCUT2D eigenvalue weighted by atomic mass is 16.3. The standard InChI is InChI=1S/C13H24O/c1-3-4-5-6-7-8-12-11(2)9-10-13(12)14/h12-14H,2-10H2,1H3. The normalized spacial score (nSPS) is 27.1. The van der Waals surface area contributed by atoms with E-state index in [4.69, 9.17) is 0 Å². The lowest BCUT2D eigenvalue weighted by Crippen LogP contribution is -2.13. The minimum Gasteiger partial charge on any atom is -0.392 e. The fourth-order valence-corrected chi connectivity index (χ4v) is 2.36. The summed E-state index contributed by atoms with van der Waals surface area (Å²) in [6.07, 6.45) is 9.65. The Bertz CT molecular complexity index is 174. The van der Waals surface area contributed by atoms with Crippen molar-refractivity contribution in [2.24, 2.45) is 5.92 Å². The largest absolute Gasteiger partial charge is 0.392 e. The molecule has 0 saturated heterocycles. The molecule has 0 aromatic carbocycles. The van der Waals surface area contributed by atoms with Gasteiger partial charge in [0.25, 0.3) is 0 Å². The molecule has 1 N–H and O–H groups in total. The van der Waals surface area contributed by atoms with Crippen molar-refractivity contribution in [2.75, 3.05) is 0 Å². The first kappa shape index (κ1) is 11.8. The molecule has 1 saturated carbocycles. The van der Waals surface area contributed by atoms with Crippen molar-refractivity contribution in [3.63, 3.8) is 0 Å². The van der Waals surface area contributed by atoms with Gasteiger partial charge in [-0.1, -0.05) is 51.2 Å². The van der Waals surface area contributed by atoms with Crippen LogP contribution in [0.4, 0.5) is 0 Å². The summed E-state index contributed by atoms with van der Waals surface area (Å²) in [6, 6.07) is 0. The first-order valence-electron chi connectivity index (χ1n) is 6.11. The van der Waals surface area contributed by atoms with Crippen molar-refractivity contribution < 1.29 is 5.11 Å². The Morgan fingerprint density at radius 1 is 1.29 bits per heavy atom. The highest BCUT2D eigenvalue weighted by Gasteiger charge is 2.27. The van der Waals surface area contributed by atoms with E-state index in [-0.39, 0.29) is 6.10 Å².